The summed E-state index contributed by atoms with van der Waals surface area (Å²) < 4.78 is 9.91. The summed E-state index contributed by atoms with van der Waals surface area (Å²) in [6, 6.07) is 6.81. The molecule has 0 aliphatic rings. The normalized spacial score (nSPS) is 11.7. The van der Waals surface area contributed by atoms with Crippen LogP contribution in [0.2, 0.25) is 0 Å². The molecule has 1 unspecified atom stereocenters. The van der Waals surface area contributed by atoms with Crippen molar-refractivity contribution in [1.82, 2.24) is 0 Å². The lowest BCUT2D eigenvalue weighted by atomic mass is 10.0. The molecule has 5 nitrogen and oxygen atoms in total. The number of carbonyl (C=O) groups is 1. The van der Waals surface area contributed by atoms with E-state index in [1.165, 1.54) is 0 Å². The maximum atomic E-state index is 11.4. The van der Waals surface area contributed by atoms with Crippen molar-refractivity contribution in [3.05, 3.63) is 34.7 Å². The Balaban J connectivity index is 2.43. The van der Waals surface area contributed by atoms with Gasteiger partial charge in [0.2, 0.25) is 0 Å². The predicted molar refractivity (Wildman–Crippen MR) is 72.1 cm³/mol. The molecule has 19 heavy (non-hydrogen) atoms. The number of nitrogens with zero attached hydrogens (tertiary/aromatic N) is 1. The van der Waals surface area contributed by atoms with Crippen molar-refractivity contribution in [2.24, 2.45) is 5.18 Å². The van der Waals surface area contributed by atoms with Gasteiger partial charge in [-0.1, -0.05) is 17.3 Å². The molecule has 0 saturated heterocycles. The Morgan fingerprint density at radius 2 is 2.21 bits per heavy atom. The highest BCUT2D eigenvalue weighted by molar-refractivity contribution is 5.75. The van der Waals surface area contributed by atoms with Crippen LogP contribution in [0.3, 0.4) is 0 Å². The summed E-state index contributed by atoms with van der Waals surface area (Å²) in [6.45, 7) is 1.97. The van der Waals surface area contributed by atoms with E-state index in [1.807, 2.05) is 24.3 Å². The lowest BCUT2D eigenvalue weighted by Crippen LogP contribution is -2.21. The monoisotopic (exact) mass is 265 g/mol. The number of nitroso groups, excluding NO2 is 1. The van der Waals surface area contributed by atoms with Crippen LogP contribution in [0.4, 0.5) is 0 Å². The van der Waals surface area contributed by atoms with Gasteiger partial charge in [-0.2, -0.15) is 0 Å². The van der Waals surface area contributed by atoms with Crippen LogP contribution in [0.25, 0.3) is 0 Å². The van der Waals surface area contributed by atoms with Crippen molar-refractivity contribution in [3.63, 3.8) is 0 Å². The first-order valence-electron chi connectivity index (χ1n) is 6.33. The molecule has 0 N–H and O–H groups in total. The molecule has 0 aromatic heterocycles. The van der Waals surface area contributed by atoms with Gasteiger partial charge in [0.05, 0.1) is 13.7 Å². The zero-order valence-electron chi connectivity index (χ0n) is 11.3. The van der Waals surface area contributed by atoms with Gasteiger partial charge in [0.15, 0.2) is 6.04 Å². The number of esters is 1. The van der Waals surface area contributed by atoms with Crippen molar-refractivity contribution in [1.29, 1.82) is 0 Å². The van der Waals surface area contributed by atoms with Crippen molar-refractivity contribution in [2.45, 2.75) is 32.2 Å². The zero-order chi connectivity index (χ0) is 14.1. The summed E-state index contributed by atoms with van der Waals surface area (Å²) >= 11 is 0. The number of carbonyl (C=O) groups excluding carboxylic acids is 1. The van der Waals surface area contributed by atoms with E-state index >= 15 is 0 Å². The molecule has 0 saturated carbocycles. The smallest absolute Gasteiger partial charge is 0.334 e. The maximum absolute atomic E-state index is 11.4. The Bertz CT molecular complexity index is 420. The van der Waals surface area contributed by atoms with Gasteiger partial charge < -0.3 is 9.47 Å². The fourth-order valence-corrected chi connectivity index (χ4v) is 1.78. The average molecular weight is 265 g/mol. The number of aryl methyl sites for hydroxylation is 1. The van der Waals surface area contributed by atoms with Crippen LogP contribution in [0.5, 0.6) is 5.75 Å². The molecule has 0 spiro atoms. The number of hydrogen-bond acceptors (Lipinski definition) is 5. The molecular formula is C14H19NO4. The number of ether oxygens (including phenoxy) is 2. The third kappa shape index (κ3) is 5.07. The Kier molecular flexibility index (Phi) is 6.57. The molecule has 0 radical (unpaired) electrons. The lowest BCUT2D eigenvalue weighted by Gasteiger charge is -2.08. The molecule has 104 valence electrons. The molecular weight excluding hydrogens is 246 g/mol. The van der Waals surface area contributed by atoms with Crippen molar-refractivity contribution in [2.75, 3.05) is 13.7 Å². The van der Waals surface area contributed by atoms with Crippen molar-refractivity contribution >= 4 is 5.97 Å². The van der Waals surface area contributed by atoms with E-state index in [2.05, 4.69) is 5.18 Å². The molecule has 0 bridgehead atoms. The first-order valence-corrected chi connectivity index (χ1v) is 6.33. The van der Waals surface area contributed by atoms with E-state index in [0.717, 1.165) is 17.7 Å². The number of methoxy groups -OCH3 is 1. The highest BCUT2D eigenvalue weighted by atomic mass is 16.5. The highest BCUT2D eigenvalue weighted by Crippen LogP contribution is 2.15. The molecule has 1 aromatic rings. The van der Waals surface area contributed by atoms with E-state index in [-0.39, 0.29) is 6.61 Å². The van der Waals surface area contributed by atoms with E-state index in [4.69, 9.17) is 9.47 Å². The van der Waals surface area contributed by atoms with Crippen LogP contribution >= 0.6 is 0 Å². The fraction of sp³-hybridized carbons (Fsp3) is 0.500. The zero-order valence-corrected chi connectivity index (χ0v) is 11.3. The second-order valence-electron chi connectivity index (χ2n) is 4.12. The maximum Gasteiger partial charge on any atom is 0.334 e. The number of rotatable bonds is 8. The molecule has 1 aromatic carbocycles. The Morgan fingerprint density at radius 1 is 1.42 bits per heavy atom. The van der Waals surface area contributed by atoms with Crippen LogP contribution in [-0.2, 0) is 16.0 Å². The first-order chi connectivity index (χ1) is 9.21. The van der Waals surface area contributed by atoms with E-state index in [1.54, 1.807) is 14.0 Å². The summed E-state index contributed by atoms with van der Waals surface area (Å²) in [5.74, 6) is 0.260. The van der Waals surface area contributed by atoms with Crippen LogP contribution in [-0.4, -0.2) is 25.7 Å². The van der Waals surface area contributed by atoms with Crippen LogP contribution in [0, 0.1) is 4.91 Å². The summed E-state index contributed by atoms with van der Waals surface area (Å²) in [6.07, 6.45) is 1.87. The second kappa shape index (κ2) is 8.24. The topological polar surface area (TPSA) is 65.0 Å². The quantitative estimate of drug-likeness (QED) is 0.535. The summed E-state index contributed by atoms with van der Waals surface area (Å²) in [5, 5.41) is 2.82. The van der Waals surface area contributed by atoms with E-state index in [0.29, 0.717) is 12.8 Å². The van der Waals surface area contributed by atoms with Gasteiger partial charge in [-0.15, -0.1) is 4.91 Å². The van der Waals surface area contributed by atoms with Gasteiger partial charge in [-0.3, -0.25) is 0 Å². The molecule has 1 atom stereocenters. The number of hydrogen-bond donors (Lipinski definition) is 0. The van der Waals surface area contributed by atoms with Crippen molar-refractivity contribution < 1.29 is 14.3 Å². The molecule has 0 fully saturated rings. The third-order valence-electron chi connectivity index (χ3n) is 2.76. The summed E-state index contributed by atoms with van der Waals surface area (Å²) in [4.78, 5) is 22.0. The average Bonchev–Trinajstić information content (AvgIpc) is 2.44. The molecule has 0 amide bonds. The minimum absolute atomic E-state index is 0.265. The van der Waals surface area contributed by atoms with Gasteiger partial charge in [-0.25, -0.2) is 4.79 Å². The highest BCUT2D eigenvalue weighted by Gasteiger charge is 2.19. The second-order valence-corrected chi connectivity index (χ2v) is 4.12. The largest absolute Gasteiger partial charge is 0.497 e. The Hall–Kier alpha value is -1.91. The van der Waals surface area contributed by atoms with Gasteiger partial charge in [0.1, 0.15) is 5.75 Å². The minimum atomic E-state index is -0.898. The predicted octanol–water partition coefficient (Wildman–Crippen LogP) is 2.72. The standard InChI is InChI=1S/C14H19NO4/c1-3-19-14(16)13(15-17)9-5-7-11-6-4-8-12(10-11)18-2/h4,6,8,10,13H,3,5,7,9H2,1-2H3. The summed E-state index contributed by atoms with van der Waals surface area (Å²) in [5.41, 5.74) is 1.10. The Labute approximate surface area is 112 Å². The van der Waals surface area contributed by atoms with E-state index < -0.39 is 12.0 Å². The van der Waals surface area contributed by atoms with Crippen LogP contribution in [0.1, 0.15) is 25.3 Å². The third-order valence-corrected chi connectivity index (χ3v) is 2.76. The summed E-state index contributed by atoms with van der Waals surface area (Å²) in [7, 11) is 1.62. The fourth-order valence-electron chi connectivity index (χ4n) is 1.78. The van der Waals surface area contributed by atoms with Crippen LogP contribution in [0.15, 0.2) is 29.4 Å². The molecule has 0 aliphatic carbocycles. The van der Waals surface area contributed by atoms with Crippen molar-refractivity contribution in [3.8, 4) is 5.75 Å². The Morgan fingerprint density at radius 3 is 2.84 bits per heavy atom. The molecule has 0 heterocycles. The van der Waals surface area contributed by atoms with Gasteiger partial charge in [0, 0.05) is 0 Å². The number of benzene rings is 1. The van der Waals surface area contributed by atoms with Gasteiger partial charge >= 0.3 is 5.97 Å². The first kappa shape index (κ1) is 15.1. The van der Waals surface area contributed by atoms with Gasteiger partial charge in [-0.05, 0) is 43.9 Å². The SMILES string of the molecule is CCOC(=O)C(CCCc1cccc(OC)c1)N=O. The van der Waals surface area contributed by atoms with Gasteiger partial charge in [0.25, 0.3) is 0 Å². The van der Waals surface area contributed by atoms with E-state index in [9.17, 15) is 9.70 Å². The molecule has 5 heteroatoms. The lowest BCUT2D eigenvalue weighted by molar-refractivity contribution is -0.144. The minimum Gasteiger partial charge on any atom is -0.497 e. The molecule has 1 rings (SSSR count). The van der Waals surface area contributed by atoms with Crippen LogP contribution < -0.4 is 4.74 Å². The molecule has 0 aliphatic heterocycles.